The fraction of sp³-hybridized carbons (Fsp3) is 0.188. The molecule has 0 atom stereocenters. The van der Waals surface area contributed by atoms with Crippen molar-refractivity contribution in [2.24, 2.45) is 0 Å². The van der Waals surface area contributed by atoms with E-state index in [4.69, 9.17) is 5.73 Å². The molecular formula is C16H14BrFN2O. The number of benzene rings is 2. The number of nitrogen functional groups attached to an aromatic ring is 1. The first-order valence-electron chi connectivity index (χ1n) is 6.71. The zero-order valence-electron chi connectivity index (χ0n) is 11.3. The van der Waals surface area contributed by atoms with Gasteiger partial charge in [-0.2, -0.15) is 0 Å². The number of nitrogens with zero attached hydrogens (tertiary/aromatic N) is 1. The van der Waals surface area contributed by atoms with Crippen molar-refractivity contribution in [3.63, 3.8) is 0 Å². The Bertz CT molecular complexity index is 717. The summed E-state index contributed by atoms with van der Waals surface area (Å²) in [6.45, 7) is 0.589. The summed E-state index contributed by atoms with van der Waals surface area (Å²) in [7, 11) is 0. The van der Waals surface area contributed by atoms with Crippen molar-refractivity contribution < 1.29 is 9.18 Å². The maximum Gasteiger partial charge on any atom is 0.261 e. The van der Waals surface area contributed by atoms with Crippen LogP contribution >= 0.6 is 15.9 Å². The van der Waals surface area contributed by atoms with Crippen LogP contribution in [0.1, 0.15) is 22.3 Å². The molecule has 3 rings (SSSR count). The van der Waals surface area contributed by atoms with E-state index in [2.05, 4.69) is 15.9 Å². The minimum absolute atomic E-state index is 0.0860. The number of amides is 1. The summed E-state index contributed by atoms with van der Waals surface area (Å²) in [4.78, 5) is 14.2. The largest absolute Gasteiger partial charge is 0.399 e. The number of aryl methyl sites for hydroxylation is 1. The van der Waals surface area contributed by atoms with Crippen LogP contribution in [0.25, 0.3) is 0 Å². The third kappa shape index (κ3) is 2.65. The van der Waals surface area contributed by atoms with Gasteiger partial charge in [-0.05, 0) is 54.8 Å². The SMILES string of the molecule is Nc1ccc2c(c1)CCCN2C(=O)c1ccc(Br)cc1F. The summed E-state index contributed by atoms with van der Waals surface area (Å²) >= 11 is 3.20. The van der Waals surface area contributed by atoms with E-state index >= 15 is 0 Å². The quantitative estimate of drug-likeness (QED) is 0.797. The highest BCUT2D eigenvalue weighted by Crippen LogP contribution is 2.30. The molecule has 0 saturated heterocycles. The highest BCUT2D eigenvalue weighted by atomic mass is 79.9. The maximum atomic E-state index is 14.0. The first-order valence-corrected chi connectivity index (χ1v) is 7.51. The molecule has 1 amide bonds. The van der Waals surface area contributed by atoms with Gasteiger partial charge in [0, 0.05) is 22.4 Å². The van der Waals surface area contributed by atoms with Crippen LogP contribution < -0.4 is 10.6 Å². The second-order valence-electron chi connectivity index (χ2n) is 5.07. The average molecular weight is 349 g/mol. The monoisotopic (exact) mass is 348 g/mol. The molecule has 0 aliphatic carbocycles. The number of hydrogen-bond donors (Lipinski definition) is 1. The van der Waals surface area contributed by atoms with Gasteiger partial charge in [0.2, 0.25) is 0 Å². The third-order valence-electron chi connectivity index (χ3n) is 3.63. The fourth-order valence-electron chi connectivity index (χ4n) is 2.64. The highest BCUT2D eigenvalue weighted by Gasteiger charge is 2.25. The van der Waals surface area contributed by atoms with Crippen molar-refractivity contribution in [3.8, 4) is 0 Å². The number of fused-ring (bicyclic) bond motifs is 1. The van der Waals surface area contributed by atoms with Crippen molar-refractivity contribution in [2.45, 2.75) is 12.8 Å². The molecule has 0 aromatic heterocycles. The number of anilines is 2. The van der Waals surface area contributed by atoms with Crippen LogP contribution in [0.2, 0.25) is 0 Å². The van der Waals surface area contributed by atoms with Gasteiger partial charge in [-0.15, -0.1) is 0 Å². The van der Waals surface area contributed by atoms with Crippen molar-refractivity contribution in [3.05, 3.63) is 57.8 Å². The highest BCUT2D eigenvalue weighted by molar-refractivity contribution is 9.10. The molecule has 1 aliphatic rings. The molecule has 0 bridgehead atoms. The molecule has 0 unspecified atom stereocenters. The Morgan fingerprint density at radius 1 is 1.24 bits per heavy atom. The standard InChI is InChI=1S/C16H14BrFN2O/c17-11-3-5-13(14(18)9-11)16(21)20-7-1-2-10-8-12(19)4-6-15(10)20/h3-6,8-9H,1-2,7,19H2. The van der Waals surface area contributed by atoms with Gasteiger partial charge in [0.1, 0.15) is 5.82 Å². The zero-order valence-corrected chi connectivity index (χ0v) is 12.9. The first-order chi connectivity index (χ1) is 10.1. The lowest BCUT2D eigenvalue weighted by Gasteiger charge is -2.30. The number of carbonyl (C=O) groups excluding carboxylic acids is 1. The molecule has 2 N–H and O–H groups in total. The van der Waals surface area contributed by atoms with E-state index in [0.717, 1.165) is 24.1 Å². The van der Waals surface area contributed by atoms with Crippen LogP contribution in [0.5, 0.6) is 0 Å². The lowest BCUT2D eigenvalue weighted by atomic mass is 10.00. The van der Waals surface area contributed by atoms with Gasteiger partial charge in [0.05, 0.1) is 5.56 Å². The van der Waals surface area contributed by atoms with E-state index in [1.165, 1.54) is 12.1 Å². The molecule has 0 saturated carbocycles. The third-order valence-corrected chi connectivity index (χ3v) is 4.12. The summed E-state index contributed by atoms with van der Waals surface area (Å²) in [6, 6.07) is 9.96. The molecule has 108 valence electrons. The van der Waals surface area contributed by atoms with Crippen LogP contribution in [0.15, 0.2) is 40.9 Å². The fourth-order valence-corrected chi connectivity index (χ4v) is 2.97. The van der Waals surface area contributed by atoms with Crippen LogP contribution in [-0.4, -0.2) is 12.5 Å². The van der Waals surface area contributed by atoms with E-state index in [1.807, 2.05) is 12.1 Å². The molecule has 3 nitrogen and oxygen atoms in total. The summed E-state index contributed by atoms with van der Waals surface area (Å²) in [5.74, 6) is -0.831. The van der Waals surface area contributed by atoms with Crippen LogP contribution in [0, 0.1) is 5.82 Å². The van der Waals surface area contributed by atoms with Gasteiger partial charge < -0.3 is 10.6 Å². The Morgan fingerprint density at radius 2 is 2.05 bits per heavy atom. The molecule has 2 aromatic carbocycles. The summed E-state index contributed by atoms with van der Waals surface area (Å²) < 4.78 is 14.6. The molecule has 0 spiro atoms. The topological polar surface area (TPSA) is 46.3 Å². The Labute approximate surface area is 130 Å². The molecule has 5 heteroatoms. The molecule has 2 aromatic rings. The Morgan fingerprint density at radius 3 is 2.81 bits per heavy atom. The van der Waals surface area contributed by atoms with Crippen molar-refractivity contribution >= 4 is 33.2 Å². The predicted molar refractivity (Wildman–Crippen MR) is 85.0 cm³/mol. The minimum atomic E-state index is -0.517. The van der Waals surface area contributed by atoms with E-state index in [-0.39, 0.29) is 11.5 Å². The van der Waals surface area contributed by atoms with Crippen molar-refractivity contribution in [1.29, 1.82) is 0 Å². The van der Waals surface area contributed by atoms with Crippen molar-refractivity contribution in [2.75, 3.05) is 17.2 Å². The molecule has 1 heterocycles. The van der Waals surface area contributed by atoms with Gasteiger partial charge >= 0.3 is 0 Å². The van der Waals surface area contributed by atoms with Gasteiger partial charge in [0.25, 0.3) is 5.91 Å². The Hall–Kier alpha value is -1.88. The minimum Gasteiger partial charge on any atom is -0.399 e. The lowest BCUT2D eigenvalue weighted by molar-refractivity contribution is 0.0981. The normalized spacial score (nSPS) is 13.9. The van der Waals surface area contributed by atoms with Crippen LogP contribution in [-0.2, 0) is 6.42 Å². The Kier molecular flexibility index (Phi) is 3.68. The molecule has 21 heavy (non-hydrogen) atoms. The van der Waals surface area contributed by atoms with Crippen molar-refractivity contribution in [1.82, 2.24) is 0 Å². The summed E-state index contributed by atoms with van der Waals surface area (Å²) in [5.41, 5.74) is 8.41. The van der Waals surface area contributed by atoms with Gasteiger partial charge in [-0.3, -0.25) is 4.79 Å². The summed E-state index contributed by atoms with van der Waals surface area (Å²) in [5, 5.41) is 0. The Balaban J connectivity index is 2.00. The van der Waals surface area contributed by atoms with E-state index in [0.29, 0.717) is 16.7 Å². The van der Waals surface area contributed by atoms with E-state index in [1.54, 1.807) is 17.0 Å². The van der Waals surface area contributed by atoms with E-state index in [9.17, 15) is 9.18 Å². The maximum absolute atomic E-state index is 14.0. The first kappa shape index (κ1) is 14.1. The van der Waals surface area contributed by atoms with E-state index < -0.39 is 5.82 Å². The van der Waals surface area contributed by atoms with Gasteiger partial charge in [0.15, 0.2) is 0 Å². The number of hydrogen-bond acceptors (Lipinski definition) is 2. The number of halogens is 2. The number of nitrogens with two attached hydrogens (primary N) is 1. The van der Waals surface area contributed by atoms with Crippen LogP contribution in [0.3, 0.4) is 0 Å². The molecular weight excluding hydrogens is 335 g/mol. The second kappa shape index (κ2) is 5.48. The summed E-state index contributed by atoms with van der Waals surface area (Å²) in [6.07, 6.45) is 1.73. The smallest absolute Gasteiger partial charge is 0.261 e. The second-order valence-corrected chi connectivity index (χ2v) is 5.99. The molecule has 0 fully saturated rings. The molecule has 1 aliphatic heterocycles. The lowest BCUT2D eigenvalue weighted by Crippen LogP contribution is -2.36. The zero-order chi connectivity index (χ0) is 15.0. The number of carbonyl (C=O) groups is 1. The van der Waals surface area contributed by atoms with Gasteiger partial charge in [-0.25, -0.2) is 4.39 Å². The molecule has 0 radical (unpaired) electrons. The van der Waals surface area contributed by atoms with Crippen LogP contribution in [0.4, 0.5) is 15.8 Å². The van der Waals surface area contributed by atoms with Gasteiger partial charge in [-0.1, -0.05) is 15.9 Å². The average Bonchev–Trinajstić information content (AvgIpc) is 2.45. The number of rotatable bonds is 1. The predicted octanol–water partition coefficient (Wildman–Crippen LogP) is 3.76.